The molecule has 148 valence electrons. The maximum absolute atomic E-state index is 14.2. The minimum absolute atomic E-state index is 0.0123. The molecule has 0 aliphatic carbocycles. The summed E-state index contributed by atoms with van der Waals surface area (Å²) in [6.07, 6.45) is 1.81. The molecular formula is C20H23FN4O2S. The molecule has 8 heteroatoms. The third-order valence-electron chi connectivity index (χ3n) is 4.47. The molecule has 0 aliphatic heterocycles. The summed E-state index contributed by atoms with van der Waals surface area (Å²) in [5, 5.41) is 10.0. The normalized spacial score (nSPS) is 11.9. The molecule has 0 bridgehead atoms. The molecular weight excluding hydrogens is 379 g/mol. The fraction of sp³-hybridized carbons (Fsp3) is 0.250. The van der Waals surface area contributed by atoms with Crippen LogP contribution >= 0.6 is 0 Å². The van der Waals surface area contributed by atoms with Crippen molar-refractivity contribution in [3.63, 3.8) is 0 Å². The van der Waals surface area contributed by atoms with Crippen LogP contribution in [0.15, 0.2) is 53.6 Å². The van der Waals surface area contributed by atoms with Gasteiger partial charge in [0.15, 0.2) is 0 Å². The van der Waals surface area contributed by atoms with E-state index in [1.807, 2.05) is 25.2 Å². The number of likely N-dealkylation sites (N-methyl/N-ethyl adjacent to an activating group) is 1. The highest BCUT2D eigenvalue weighted by molar-refractivity contribution is 7.89. The number of halogens is 1. The van der Waals surface area contributed by atoms with Crippen molar-refractivity contribution in [1.29, 1.82) is 0 Å². The van der Waals surface area contributed by atoms with E-state index in [-0.39, 0.29) is 10.7 Å². The molecule has 0 unspecified atom stereocenters. The molecule has 0 saturated carbocycles. The summed E-state index contributed by atoms with van der Waals surface area (Å²) in [6, 6.07) is 11.4. The number of nitrogens with two attached hydrogens (primary N) is 1. The van der Waals surface area contributed by atoms with Gasteiger partial charge in [-0.25, -0.2) is 17.9 Å². The first kappa shape index (κ1) is 20.2. The Bertz CT molecular complexity index is 1110. The predicted molar refractivity (Wildman–Crippen MR) is 108 cm³/mol. The summed E-state index contributed by atoms with van der Waals surface area (Å²) in [6.45, 7) is 3.04. The number of primary sulfonamides is 1. The van der Waals surface area contributed by atoms with Crippen LogP contribution in [0.25, 0.3) is 22.4 Å². The van der Waals surface area contributed by atoms with Crippen molar-refractivity contribution >= 4 is 10.0 Å². The quantitative estimate of drug-likeness (QED) is 0.687. The van der Waals surface area contributed by atoms with Crippen LogP contribution in [-0.4, -0.2) is 43.7 Å². The topological polar surface area (TPSA) is 81.2 Å². The van der Waals surface area contributed by atoms with Crippen LogP contribution < -0.4 is 5.14 Å². The van der Waals surface area contributed by atoms with Gasteiger partial charge < -0.3 is 4.90 Å². The van der Waals surface area contributed by atoms with E-state index < -0.39 is 10.0 Å². The van der Waals surface area contributed by atoms with Crippen LogP contribution in [0.3, 0.4) is 0 Å². The number of nitrogens with zero attached hydrogens (tertiary/aromatic N) is 3. The second kappa shape index (κ2) is 7.83. The van der Waals surface area contributed by atoms with Gasteiger partial charge in [0.2, 0.25) is 10.0 Å². The lowest BCUT2D eigenvalue weighted by atomic mass is 10.0. The molecule has 1 aromatic heterocycles. The fourth-order valence-electron chi connectivity index (χ4n) is 2.92. The lowest BCUT2D eigenvalue weighted by molar-refractivity contribution is 0.373. The van der Waals surface area contributed by atoms with E-state index in [9.17, 15) is 12.8 Å². The van der Waals surface area contributed by atoms with E-state index in [1.165, 1.54) is 12.1 Å². The molecule has 1 heterocycles. The Morgan fingerprint density at radius 2 is 1.86 bits per heavy atom. The van der Waals surface area contributed by atoms with Crippen molar-refractivity contribution in [2.45, 2.75) is 18.4 Å². The summed E-state index contributed by atoms with van der Waals surface area (Å²) in [5.74, 6) is -0.329. The number of aromatic nitrogens is 2. The van der Waals surface area contributed by atoms with Gasteiger partial charge in [-0.3, -0.25) is 4.68 Å². The summed E-state index contributed by atoms with van der Waals surface area (Å²) >= 11 is 0. The molecule has 3 aromatic rings. The van der Waals surface area contributed by atoms with Crippen LogP contribution in [-0.2, 0) is 16.6 Å². The van der Waals surface area contributed by atoms with Crippen molar-refractivity contribution in [3.8, 4) is 22.4 Å². The van der Waals surface area contributed by atoms with Crippen molar-refractivity contribution in [2.24, 2.45) is 5.14 Å². The molecule has 3 rings (SSSR count). The maximum Gasteiger partial charge on any atom is 0.238 e. The highest BCUT2D eigenvalue weighted by Crippen LogP contribution is 2.35. The molecule has 0 fully saturated rings. The summed E-state index contributed by atoms with van der Waals surface area (Å²) < 4.78 is 40.1. The SMILES string of the molecule is Cc1ccc(-c2cn(CCN(C)C)nc2-c2ccccc2S(N)(=O)=O)cc1F. The van der Waals surface area contributed by atoms with Crippen molar-refractivity contribution in [1.82, 2.24) is 14.7 Å². The Morgan fingerprint density at radius 1 is 1.14 bits per heavy atom. The molecule has 0 spiro atoms. The van der Waals surface area contributed by atoms with Crippen LogP contribution in [0.5, 0.6) is 0 Å². The first-order valence-corrected chi connectivity index (χ1v) is 10.3. The van der Waals surface area contributed by atoms with E-state index in [4.69, 9.17) is 5.14 Å². The number of hydrogen-bond donors (Lipinski definition) is 1. The van der Waals surface area contributed by atoms with Gasteiger partial charge in [-0.05, 0) is 44.3 Å². The van der Waals surface area contributed by atoms with Gasteiger partial charge >= 0.3 is 0 Å². The number of rotatable bonds is 6. The van der Waals surface area contributed by atoms with Gasteiger partial charge in [-0.15, -0.1) is 0 Å². The van der Waals surface area contributed by atoms with Crippen LogP contribution in [0.1, 0.15) is 5.56 Å². The van der Waals surface area contributed by atoms with E-state index in [2.05, 4.69) is 5.10 Å². The Balaban J connectivity index is 2.21. The second-order valence-corrected chi connectivity index (χ2v) is 8.49. The van der Waals surface area contributed by atoms with Crippen LogP contribution in [0, 0.1) is 12.7 Å². The average Bonchev–Trinajstić information content (AvgIpc) is 3.06. The zero-order chi connectivity index (χ0) is 20.5. The van der Waals surface area contributed by atoms with E-state index in [0.29, 0.717) is 34.5 Å². The Hall–Kier alpha value is -2.55. The van der Waals surface area contributed by atoms with E-state index >= 15 is 0 Å². The number of hydrogen-bond acceptors (Lipinski definition) is 4. The van der Waals surface area contributed by atoms with Gasteiger partial charge in [0.25, 0.3) is 0 Å². The van der Waals surface area contributed by atoms with Crippen molar-refractivity contribution < 1.29 is 12.8 Å². The zero-order valence-electron chi connectivity index (χ0n) is 16.1. The second-order valence-electron chi connectivity index (χ2n) is 6.96. The number of aryl methyl sites for hydroxylation is 1. The summed E-state index contributed by atoms with van der Waals surface area (Å²) in [5.41, 5.74) is 2.65. The number of benzene rings is 2. The Kier molecular flexibility index (Phi) is 5.64. The lowest BCUT2D eigenvalue weighted by Crippen LogP contribution is -2.18. The highest BCUT2D eigenvalue weighted by atomic mass is 32.2. The van der Waals surface area contributed by atoms with Crippen LogP contribution in [0.4, 0.5) is 4.39 Å². The molecule has 2 N–H and O–H groups in total. The predicted octanol–water partition coefficient (Wildman–Crippen LogP) is 2.87. The van der Waals surface area contributed by atoms with Gasteiger partial charge in [-0.1, -0.05) is 30.3 Å². The first-order valence-electron chi connectivity index (χ1n) is 8.77. The van der Waals surface area contributed by atoms with E-state index in [0.717, 1.165) is 6.54 Å². The molecule has 0 atom stereocenters. The Morgan fingerprint density at radius 3 is 2.50 bits per heavy atom. The highest BCUT2D eigenvalue weighted by Gasteiger charge is 2.21. The standard InChI is InChI=1S/C20H23FN4O2S/c1-14-8-9-15(12-18(14)21)17-13-25(11-10-24(2)3)23-20(17)16-6-4-5-7-19(16)28(22,26)27/h4-9,12-13H,10-11H2,1-3H3,(H2,22,26,27). The smallest absolute Gasteiger partial charge is 0.238 e. The minimum atomic E-state index is -3.94. The van der Waals surface area contributed by atoms with Gasteiger partial charge in [0.1, 0.15) is 11.5 Å². The molecule has 28 heavy (non-hydrogen) atoms. The fourth-order valence-corrected chi connectivity index (χ4v) is 3.66. The molecule has 2 aromatic carbocycles. The maximum atomic E-state index is 14.2. The van der Waals surface area contributed by atoms with Crippen LogP contribution in [0.2, 0.25) is 0 Å². The van der Waals surface area contributed by atoms with Crippen molar-refractivity contribution in [2.75, 3.05) is 20.6 Å². The summed E-state index contributed by atoms with van der Waals surface area (Å²) in [7, 11) is -0.0328. The van der Waals surface area contributed by atoms with Gasteiger partial charge in [0, 0.05) is 23.9 Å². The van der Waals surface area contributed by atoms with Gasteiger partial charge in [0.05, 0.1) is 11.4 Å². The van der Waals surface area contributed by atoms with Crippen molar-refractivity contribution in [3.05, 3.63) is 60.0 Å². The van der Waals surface area contributed by atoms with E-state index in [1.54, 1.807) is 41.9 Å². The Labute approximate surface area is 164 Å². The molecule has 0 aliphatic rings. The van der Waals surface area contributed by atoms with Gasteiger partial charge in [-0.2, -0.15) is 5.10 Å². The number of sulfonamides is 1. The molecule has 0 radical (unpaired) electrons. The third kappa shape index (κ3) is 4.30. The monoisotopic (exact) mass is 402 g/mol. The average molecular weight is 402 g/mol. The summed E-state index contributed by atoms with van der Waals surface area (Å²) in [4.78, 5) is 2.01. The third-order valence-corrected chi connectivity index (χ3v) is 5.44. The molecule has 6 nitrogen and oxygen atoms in total. The zero-order valence-corrected chi connectivity index (χ0v) is 16.9. The molecule has 0 saturated heterocycles. The first-order chi connectivity index (χ1) is 13.2. The largest absolute Gasteiger partial charge is 0.308 e. The lowest BCUT2D eigenvalue weighted by Gasteiger charge is -2.09. The minimum Gasteiger partial charge on any atom is -0.308 e. The molecule has 0 amide bonds.